The maximum Gasteiger partial charge on any atom is 0.338 e. The topological polar surface area (TPSA) is 101 Å². The lowest BCUT2D eigenvalue weighted by atomic mass is 9.93. The summed E-state index contributed by atoms with van der Waals surface area (Å²) in [5.74, 6) is 0.488. The number of ether oxygens (including phenoxy) is 3. The van der Waals surface area contributed by atoms with Crippen molar-refractivity contribution in [1.82, 2.24) is 20.0 Å². The number of methoxy groups -OCH3 is 2. The first-order chi connectivity index (χ1) is 19.2. The second-order valence-corrected chi connectivity index (χ2v) is 10.2. The van der Waals surface area contributed by atoms with Gasteiger partial charge >= 0.3 is 12.0 Å². The van der Waals surface area contributed by atoms with Crippen molar-refractivity contribution < 1.29 is 28.6 Å². The van der Waals surface area contributed by atoms with Gasteiger partial charge in [-0.1, -0.05) is 11.6 Å². The second-order valence-electron chi connectivity index (χ2n) is 9.76. The number of benzene rings is 2. The number of nitrogens with one attached hydrogen (secondary N) is 1. The molecule has 40 heavy (non-hydrogen) atoms. The number of amides is 3. The van der Waals surface area contributed by atoms with Crippen LogP contribution in [0, 0.1) is 0 Å². The maximum atomic E-state index is 13.4. The summed E-state index contributed by atoms with van der Waals surface area (Å²) in [7, 11) is 4.71. The average molecular weight is 571 g/mol. The van der Waals surface area contributed by atoms with E-state index in [1.54, 1.807) is 56.4 Å². The Hall–Kier alpha value is -3.76. The normalized spacial score (nSPS) is 19.8. The highest BCUT2D eigenvalue weighted by molar-refractivity contribution is 6.30. The van der Waals surface area contributed by atoms with Gasteiger partial charge in [0.25, 0.3) is 5.91 Å². The number of urea groups is 1. The summed E-state index contributed by atoms with van der Waals surface area (Å²) in [5.41, 5.74) is 2.09. The van der Waals surface area contributed by atoms with E-state index in [1.165, 1.54) is 19.1 Å². The zero-order valence-corrected chi connectivity index (χ0v) is 24.2. The summed E-state index contributed by atoms with van der Waals surface area (Å²) in [6, 6.07) is 10.9. The lowest BCUT2D eigenvalue weighted by molar-refractivity contribution is -0.139. The molecule has 214 valence electrons. The summed E-state index contributed by atoms with van der Waals surface area (Å²) < 4.78 is 16.3. The summed E-state index contributed by atoms with van der Waals surface area (Å²) in [6.45, 7) is 5.86. The van der Waals surface area contributed by atoms with E-state index in [4.69, 9.17) is 25.8 Å². The molecule has 2 atom stereocenters. The van der Waals surface area contributed by atoms with Gasteiger partial charge in [0, 0.05) is 61.6 Å². The molecule has 0 saturated carbocycles. The molecule has 2 aromatic carbocycles. The van der Waals surface area contributed by atoms with Crippen molar-refractivity contribution in [3.05, 3.63) is 69.9 Å². The first-order valence-electron chi connectivity index (χ1n) is 13.1. The number of piperazine rings is 1. The van der Waals surface area contributed by atoms with Crippen LogP contribution in [0.2, 0.25) is 5.02 Å². The van der Waals surface area contributed by atoms with Crippen molar-refractivity contribution in [3.8, 4) is 11.5 Å². The minimum atomic E-state index is -0.771. The van der Waals surface area contributed by atoms with E-state index in [0.717, 1.165) is 0 Å². The molecule has 0 aromatic heterocycles. The van der Waals surface area contributed by atoms with Crippen molar-refractivity contribution in [2.24, 2.45) is 0 Å². The Morgan fingerprint density at radius 1 is 1.05 bits per heavy atom. The largest absolute Gasteiger partial charge is 0.497 e. The van der Waals surface area contributed by atoms with Gasteiger partial charge in [-0.05, 0) is 55.8 Å². The molecule has 0 radical (unpaired) electrons. The van der Waals surface area contributed by atoms with E-state index in [9.17, 15) is 14.4 Å². The number of likely N-dealkylation sites (N-methyl/N-ethyl adjacent to an activating group) is 1. The molecule has 0 unspecified atom stereocenters. The molecule has 11 heteroatoms. The zero-order chi connectivity index (χ0) is 29.0. The number of carbonyl (C=O) groups excluding carboxylic acids is 3. The molecule has 2 aliphatic heterocycles. The van der Waals surface area contributed by atoms with E-state index in [-0.39, 0.29) is 24.6 Å². The van der Waals surface area contributed by atoms with Crippen molar-refractivity contribution in [1.29, 1.82) is 0 Å². The fourth-order valence-corrected chi connectivity index (χ4v) is 5.22. The van der Waals surface area contributed by atoms with Crippen LogP contribution in [0.1, 0.15) is 35.8 Å². The third-order valence-corrected chi connectivity index (χ3v) is 7.47. The van der Waals surface area contributed by atoms with Crippen LogP contribution in [-0.2, 0) is 9.53 Å². The second kappa shape index (κ2) is 12.6. The SMILES string of the molecule is CCOC(=O)C1=C(CN2CCN(C(=O)c3ccc(Cl)cc3)[C@@H](C)C2)N(C)C(=O)N[C@H]1c1cc(OC)cc(OC)c1. The monoisotopic (exact) mass is 570 g/mol. The highest BCUT2D eigenvalue weighted by atomic mass is 35.5. The molecular formula is C29H35ClN4O6. The van der Waals surface area contributed by atoms with E-state index in [2.05, 4.69) is 10.2 Å². The van der Waals surface area contributed by atoms with Gasteiger partial charge in [0.1, 0.15) is 11.5 Å². The van der Waals surface area contributed by atoms with Crippen LogP contribution in [0.25, 0.3) is 0 Å². The molecule has 3 amide bonds. The number of hydrogen-bond acceptors (Lipinski definition) is 7. The minimum absolute atomic E-state index is 0.0588. The molecule has 1 N–H and O–H groups in total. The van der Waals surface area contributed by atoms with Crippen LogP contribution in [0.3, 0.4) is 0 Å². The van der Waals surface area contributed by atoms with Crippen LogP contribution in [0.5, 0.6) is 11.5 Å². The third kappa shape index (κ3) is 6.18. The molecule has 1 fully saturated rings. The highest BCUT2D eigenvalue weighted by Crippen LogP contribution is 2.35. The molecule has 2 aliphatic rings. The van der Waals surface area contributed by atoms with E-state index < -0.39 is 12.0 Å². The van der Waals surface area contributed by atoms with E-state index >= 15 is 0 Å². The van der Waals surface area contributed by atoms with Gasteiger partial charge in [0.2, 0.25) is 0 Å². The van der Waals surface area contributed by atoms with Crippen LogP contribution < -0.4 is 14.8 Å². The number of rotatable bonds is 8. The van der Waals surface area contributed by atoms with Gasteiger partial charge in [-0.3, -0.25) is 14.6 Å². The van der Waals surface area contributed by atoms with Gasteiger partial charge in [0.05, 0.1) is 32.4 Å². The molecule has 1 saturated heterocycles. The summed E-state index contributed by atoms with van der Waals surface area (Å²) in [6.07, 6.45) is 0. The smallest absolute Gasteiger partial charge is 0.338 e. The Labute approximate surface area is 239 Å². The number of carbonyl (C=O) groups is 3. The first kappa shape index (κ1) is 29.2. The first-order valence-corrected chi connectivity index (χ1v) is 13.5. The molecular weight excluding hydrogens is 536 g/mol. The van der Waals surface area contributed by atoms with Crippen molar-refractivity contribution in [2.75, 3.05) is 54.1 Å². The van der Waals surface area contributed by atoms with Crippen molar-refractivity contribution in [2.45, 2.75) is 25.9 Å². The van der Waals surface area contributed by atoms with Crippen molar-refractivity contribution in [3.63, 3.8) is 0 Å². The number of esters is 1. The molecule has 2 aromatic rings. The van der Waals surface area contributed by atoms with Crippen LogP contribution in [-0.4, -0.2) is 92.7 Å². The molecule has 4 rings (SSSR count). The number of nitrogens with zero attached hydrogens (tertiary/aromatic N) is 3. The lowest BCUT2D eigenvalue weighted by Gasteiger charge is -2.42. The van der Waals surface area contributed by atoms with Gasteiger partial charge < -0.3 is 24.4 Å². The molecule has 0 spiro atoms. The van der Waals surface area contributed by atoms with Crippen LogP contribution >= 0.6 is 11.6 Å². The van der Waals surface area contributed by atoms with Gasteiger partial charge in [0.15, 0.2) is 0 Å². The fourth-order valence-electron chi connectivity index (χ4n) is 5.09. The van der Waals surface area contributed by atoms with E-state index in [0.29, 0.717) is 65.1 Å². The Morgan fingerprint density at radius 3 is 2.27 bits per heavy atom. The standard InChI is InChI=1S/C29H35ClN4O6/c1-6-40-28(36)25-24(32(3)29(37)31-26(25)20-13-22(38-4)15-23(14-20)39-5)17-33-11-12-34(18(2)16-33)27(35)19-7-9-21(30)10-8-19/h7-10,13-15,18,26H,6,11-12,16-17H2,1-5H3,(H,31,37)/t18-,26-/m0/s1. The van der Waals surface area contributed by atoms with E-state index in [1.807, 2.05) is 11.8 Å². The van der Waals surface area contributed by atoms with Crippen LogP contribution in [0.15, 0.2) is 53.7 Å². The predicted molar refractivity (Wildman–Crippen MR) is 151 cm³/mol. The van der Waals surface area contributed by atoms with Gasteiger partial charge in [-0.15, -0.1) is 0 Å². The number of hydrogen-bond donors (Lipinski definition) is 1. The summed E-state index contributed by atoms with van der Waals surface area (Å²) in [5, 5.41) is 3.51. The van der Waals surface area contributed by atoms with Crippen molar-refractivity contribution >= 4 is 29.5 Å². The molecule has 0 aliphatic carbocycles. The number of halogens is 1. The Morgan fingerprint density at radius 2 is 1.70 bits per heavy atom. The minimum Gasteiger partial charge on any atom is -0.497 e. The Bertz CT molecular complexity index is 1280. The fraction of sp³-hybridized carbons (Fsp3) is 0.414. The van der Waals surface area contributed by atoms with Gasteiger partial charge in [-0.2, -0.15) is 0 Å². The maximum absolute atomic E-state index is 13.4. The zero-order valence-electron chi connectivity index (χ0n) is 23.4. The molecule has 10 nitrogen and oxygen atoms in total. The quantitative estimate of drug-likeness (QED) is 0.483. The highest BCUT2D eigenvalue weighted by Gasteiger charge is 2.39. The Balaban J connectivity index is 1.64. The molecule has 2 heterocycles. The third-order valence-electron chi connectivity index (χ3n) is 7.22. The molecule has 0 bridgehead atoms. The predicted octanol–water partition coefficient (Wildman–Crippen LogP) is 3.72. The Kier molecular flexibility index (Phi) is 9.21. The lowest BCUT2D eigenvalue weighted by Crippen LogP contribution is -2.56. The summed E-state index contributed by atoms with van der Waals surface area (Å²) in [4.78, 5) is 45.1. The van der Waals surface area contributed by atoms with Gasteiger partial charge in [-0.25, -0.2) is 9.59 Å². The summed E-state index contributed by atoms with van der Waals surface area (Å²) >= 11 is 5.98. The van der Waals surface area contributed by atoms with Crippen LogP contribution in [0.4, 0.5) is 4.79 Å². The average Bonchev–Trinajstić information content (AvgIpc) is 2.95.